The van der Waals surface area contributed by atoms with Gasteiger partial charge in [0.2, 0.25) is 5.95 Å². The number of nitrogens with one attached hydrogen (secondary N) is 2. The van der Waals surface area contributed by atoms with Crippen molar-refractivity contribution in [1.82, 2.24) is 19.7 Å². The normalized spacial score (nSPS) is 16.1. The highest BCUT2D eigenvalue weighted by Crippen LogP contribution is 2.28. The molecule has 30 heavy (non-hydrogen) atoms. The summed E-state index contributed by atoms with van der Waals surface area (Å²) in [6, 6.07) is 18.2. The van der Waals surface area contributed by atoms with Crippen molar-refractivity contribution in [2.75, 3.05) is 23.8 Å². The van der Waals surface area contributed by atoms with Gasteiger partial charge in [0.05, 0.1) is 23.4 Å². The molecule has 2 aromatic carbocycles. The molecule has 4 aromatic rings. The average molecular weight is 400 g/mol. The Morgan fingerprint density at radius 3 is 2.70 bits per heavy atom. The number of ether oxygens (including phenoxy) is 1. The maximum atomic E-state index is 5.73. The van der Waals surface area contributed by atoms with Crippen LogP contribution < -0.4 is 10.6 Å². The first-order valence-electron chi connectivity index (χ1n) is 10.3. The molecule has 0 amide bonds. The standard InChI is InChI=1S/C23H24N6O/c1-16-8-5-6-12-20(16)26-21-19-15-25-29(17-9-3-2-4-10-17)22(19)28-23(27-21)24-14-18-11-7-13-30-18/h2-6,8-10,12,15,18H,7,11,13-14H2,1H3,(H2,24,26,27,28)/t18-/m1/s1. The van der Waals surface area contributed by atoms with Crippen LogP contribution in [0.5, 0.6) is 0 Å². The summed E-state index contributed by atoms with van der Waals surface area (Å²) in [7, 11) is 0. The molecule has 1 aliphatic rings. The highest BCUT2D eigenvalue weighted by Gasteiger charge is 2.18. The zero-order valence-corrected chi connectivity index (χ0v) is 16.9. The van der Waals surface area contributed by atoms with E-state index in [9.17, 15) is 0 Å². The lowest BCUT2D eigenvalue weighted by Gasteiger charge is -2.14. The quantitative estimate of drug-likeness (QED) is 0.498. The fourth-order valence-electron chi connectivity index (χ4n) is 3.69. The van der Waals surface area contributed by atoms with Crippen LogP contribution >= 0.6 is 0 Å². The van der Waals surface area contributed by atoms with Gasteiger partial charge in [-0.1, -0.05) is 36.4 Å². The third-order valence-corrected chi connectivity index (χ3v) is 5.34. The third kappa shape index (κ3) is 3.71. The molecule has 1 saturated heterocycles. The summed E-state index contributed by atoms with van der Waals surface area (Å²) in [5.74, 6) is 1.29. The van der Waals surface area contributed by atoms with E-state index in [1.165, 1.54) is 0 Å². The Hall–Kier alpha value is -3.45. The minimum atomic E-state index is 0.205. The third-order valence-electron chi connectivity index (χ3n) is 5.34. The molecular formula is C23H24N6O. The molecule has 152 valence electrons. The summed E-state index contributed by atoms with van der Waals surface area (Å²) in [5.41, 5.74) is 3.86. The van der Waals surface area contributed by atoms with Crippen molar-refractivity contribution >= 4 is 28.5 Å². The van der Waals surface area contributed by atoms with Crippen LogP contribution in [0.3, 0.4) is 0 Å². The number of hydrogen-bond acceptors (Lipinski definition) is 6. The second-order valence-corrected chi connectivity index (χ2v) is 7.48. The first-order valence-corrected chi connectivity index (χ1v) is 10.3. The monoisotopic (exact) mass is 400 g/mol. The molecule has 2 N–H and O–H groups in total. The largest absolute Gasteiger partial charge is 0.376 e. The number of anilines is 3. The molecular weight excluding hydrogens is 376 g/mol. The highest BCUT2D eigenvalue weighted by molar-refractivity contribution is 5.90. The molecule has 2 aromatic heterocycles. The molecule has 0 saturated carbocycles. The summed E-state index contributed by atoms with van der Waals surface area (Å²) in [5, 5.41) is 12.3. The number of fused-ring (bicyclic) bond motifs is 1. The topological polar surface area (TPSA) is 76.9 Å². The van der Waals surface area contributed by atoms with Crippen LogP contribution in [0.1, 0.15) is 18.4 Å². The lowest BCUT2D eigenvalue weighted by atomic mass is 10.2. The maximum absolute atomic E-state index is 5.73. The van der Waals surface area contributed by atoms with Crippen LogP contribution in [-0.4, -0.2) is 39.0 Å². The van der Waals surface area contributed by atoms with Gasteiger partial charge < -0.3 is 15.4 Å². The molecule has 0 bridgehead atoms. The minimum absolute atomic E-state index is 0.205. The van der Waals surface area contributed by atoms with Gasteiger partial charge in [-0.05, 0) is 43.5 Å². The van der Waals surface area contributed by atoms with Crippen LogP contribution in [0.4, 0.5) is 17.5 Å². The number of hydrogen-bond donors (Lipinski definition) is 2. The molecule has 0 unspecified atom stereocenters. The fourth-order valence-corrected chi connectivity index (χ4v) is 3.69. The van der Waals surface area contributed by atoms with E-state index in [1.807, 2.05) is 59.4 Å². The number of nitrogens with zero attached hydrogens (tertiary/aromatic N) is 4. The van der Waals surface area contributed by atoms with Crippen LogP contribution in [0.15, 0.2) is 60.8 Å². The molecule has 1 atom stereocenters. The van der Waals surface area contributed by atoms with E-state index in [1.54, 1.807) is 0 Å². The van der Waals surface area contributed by atoms with Gasteiger partial charge in [-0.3, -0.25) is 0 Å². The Morgan fingerprint density at radius 1 is 1.07 bits per heavy atom. The number of benzene rings is 2. The van der Waals surface area contributed by atoms with Gasteiger partial charge in [0.15, 0.2) is 5.65 Å². The molecule has 5 rings (SSSR count). The SMILES string of the molecule is Cc1ccccc1Nc1nc(NC[C@H]2CCCO2)nc2c1cnn2-c1ccccc1. The van der Waals surface area contributed by atoms with Crippen LogP contribution in [0, 0.1) is 6.92 Å². The smallest absolute Gasteiger partial charge is 0.226 e. The van der Waals surface area contributed by atoms with Crippen LogP contribution in [0.2, 0.25) is 0 Å². The second-order valence-electron chi connectivity index (χ2n) is 7.48. The zero-order valence-electron chi connectivity index (χ0n) is 16.9. The van der Waals surface area contributed by atoms with E-state index >= 15 is 0 Å². The Balaban J connectivity index is 1.56. The van der Waals surface area contributed by atoms with Gasteiger partial charge in [0.1, 0.15) is 5.82 Å². The molecule has 1 aliphatic heterocycles. The number of aromatic nitrogens is 4. The second kappa shape index (κ2) is 8.12. The Kier molecular flexibility index (Phi) is 5.03. The van der Waals surface area contributed by atoms with Gasteiger partial charge >= 0.3 is 0 Å². The average Bonchev–Trinajstić information content (AvgIpc) is 3.44. The van der Waals surface area contributed by atoms with E-state index in [4.69, 9.17) is 14.7 Å². The summed E-state index contributed by atoms with van der Waals surface area (Å²) in [6.07, 6.45) is 4.18. The van der Waals surface area contributed by atoms with Crippen molar-refractivity contribution < 1.29 is 4.74 Å². The van der Waals surface area contributed by atoms with E-state index in [-0.39, 0.29) is 6.10 Å². The molecule has 1 fully saturated rings. The number of rotatable bonds is 6. The van der Waals surface area contributed by atoms with Crippen LogP contribution in [0.25, 0.3) is 16.7 Å². The maximum Gasteiger partial charge on any atom is 0.226 e. The lowest BCUT2D eigenvalue weighted by molar-refractivity contribution is 0.120. The van der Waals surface area contributed by atoms with E-state index < -0.39 is 0 Å². The van der Waals surface area contributed by atoms with Gasteiger partial charge in [-0.15, -0.1) is 0 Å². The predicted octanol–water partition coefficient (Wildman–Crippen LogP) is 4.46. The summed E-state index contributed by atoms with van der Waals surface area (Å²) in [6.45, 7) is 3.59. The fraction of sp³-hybridized carbons (Fsp3) is 0.261. The van der Waals surface area contributed by atoms with Crippen molar-refractivity contribution in [2.24, 2.45) is 0 Å². The Labute approximate surface area is 175 Å². The van der Waals surface area contributed by atoms with Gasteiger partial charge in [0.25, 0.3) is 0 Å². The zero-order chi connectivity index (χ0) is 20.3. The predicted molar refractivity (Wildman–Crippen MR) is 119 cm³/mol. The summed E-state index contributed by atoms with van der Waals surface area (Å²) >= 11 is 0. The number of para-hydroxylation sites is 2. The van der Waals surface area contributed by atoms with Crippen molar-refractivity contribution in [1.29, 1.82) is 0 Å². The van der Waals surface area contributed by atoms with Gasteiger partial charge in [-0.2, -0.15) is 15.1 Å². The highest BCUT2D eigenvalue weighted by atomic mass is 16.5. The lowest BCUT2D eigenvalue weighted by Crippen LogP contribution is -2.20. The van der Waals surface area contributed by atoms with E-state index in [0.717, 1.165) is 53.2 Å². The van der Waals surface area contributed by atoms with Crippen molar-refractivity contribution in [3.8, 4) is 5.69 Å². The molecule has 7 heteroatoms. The van der Waals surface area contributed by atoms with Gasteiger partial charge in [0, 0.05) is 18.8 Å². The molecule has 7 nitrogen and oxygen atoms in total. The molecule has 0 spiro atoms. The minimum Gasteiger partial charge on any atom is -0.376 e. The first kappa shape index (κ1) is 18.6. The van der Waals surface area contributed by atoms with Crippen molar-refractivity contribution in [3.63, 3.8) is 0 Å². The van der Waals surface area contributed by atoms with Crippen LogP contribution in [-0.2, 0) is 4.74 Å². The molecule has 0 radical (unpaired) electrons. The van der Waals surface area contributed by atoms with Gasteiger partial charge in [-0.25, -0.2) is 4.68 Å². The number of aryl methyl sites for hydroxylation is 1. The van der Waals surface area contributed by atoms with E-state index in [0.29, 0.717) is 12.5 Å². The van der Waals surface area contributed by atoms with Crippen molar-refractivity contribution in [2.45, 2.75) is 25.9 Å². The first-order chi connectivity index (χ1) is 14.8. The molecule has 0 aliphatic carbocycles. The Morgan fingerprint density at radius 2 is 1.90 bits per heavy atom. The Bertz CT molecular complexity index is 1150. The summed E-state index contributed by atoms with van der Waals surface area (Å²) < 4.78 is 7.58. The van der Waals surface area contributed by atoms with Crippen molar-refractivity contribution in [3.05, 3.63) is 66.4 Å². The van der Waals surface area contributed by atoms with E-state index in [2.05, 4.69) is 28.7 Å². The summed E-state index contributed by atoms with van der Waals surface area (Å²) in [4.78, 5) is 9.54. The molecule has 3 heterocycles.